The van der Waals surface area contributed by atoms with E-state index in [-0.39, 0.29) is 12.4 Å². The fourth-order valence-electron chi connectivity index (χ4n) is 1.35. The maximum atomic E-state index is 13.1. The number of halogens is 2. The van der Waals surface area contributed by atoms with Gasteiger partial charge in [-0.3, -0.25) is 0 Å². The van der Waals surface area contributed by atoms with Gasteiger partial charge in [0.25, 0.3) is 0 Å². The van der Waals surface area contributed by atoms with E-state index in [1.165, 1.54) is 6.07 Å². The highest BCUT2D eigenvalue weighted by atomic mass is 19.1. The molecule has 14 heavy (non-hydrogen) atoms. The molecule has 3 heteroatoms. The minimum Gasteiger partial charge on any atom is -0.485 e. The number of ether oxygens (including phenoxy) is 1. The van der Waals surface area contributed by atoms with Crippen molar-refractivity contribution in [3.63, 3.8) is 0 Å². The van der Waals surface area contributed by atoms with Gasteiger partial charge in [0.15, 0.2) is 11.6 Å². The van der Waals surface area contributed by atoms with Crippen LogP contribution in [0, 0.1) is 11.6 Å². The monoisotopic (exact) mass is 194 g/mol. The molecular weight excluding hydrogens is 186 g/mol. The van der Waals surface area contributed by atoms with Crippen LogP contribution in [0.5, 0.6) is 5.75 Å². The van der Waals surface area contributed by atoms with Crippen molar-refractivity contribution in [2.75, 3.05) is 6.61 Å². The van der Waals surface area contributed by atoms with Gasteiger partial charge < -0.3 is 4.74 Å². The molecule has 0 bridgehead atoms. The first-order chi connectivity index (χ1) is 6.70. The predicted molar refractivity (Wildman–Crippen MR) is 50.0 cm³/mol. The predicted octanol–water partition coefficient (Wildman–Crippen LogP) is 2.93. The molecule has 1 aliphatic heterocycles. The Morgan fingerprint density at radius 1 is 1.36 bits per heavy atom. The van der Waals surface area contributed by atoms with Gasteiger partial charge in [0.05, 0.1) is 0 Å². The van der Waals surface area contributed by atoms with E-state index in [2.05, 4.69) is 6.58 Å². The van der Waals surface area contributed by atoms with Gasteiger partial charge >= 0.3 is 0 Å². The van der Waals surface area contributed by atoms with Crippen LogP contribution in [0.15, 0.2) is 30.4 Å². The molecular formula is C11H8F2O. The Hall–Kier alpha value is -1.64. The summed E-state index contributed by atoms with van der Waals surface area (Å²) in [7, 11) is 0. The molecule has 1 aromatic carbocycles. The molecule has 0 saturated heterocycles. The van der Waals surface area contributed by atoms with Crippen LogP contribution in [0.25, 0.3) is 6.08 Å². The van der Waals surface area contributed by atoms with E-state index in [0.29, 0.717) is 5.56 Å². The van der Waals surface area contributed by atoms with Crippen molar-refractivity contribution < 1.29 is 13.5 Å². The average molecular weight is 194 g/mol. The molecule has 0 amide bonds. The summed E-state index contributed by atoms with van der Waals surface area (Å²) >= 11 is 0. The molecule has 1 nitrogen and oxygen atoms in total. The first-order valence-corrected chi connectivity index (χ1v) is 4.15. The smallest absolute Gasteiger partial charge is 0.168 e. The van der Waals surface area contributed by atoms with Crippen molar-refractivity contribution in [1.82, 2.24) is 0 Å². The third-order valence-electron chi connectivity index (χ3n) is 2.02. The molecule has 0 aliphatic carbocycles. The second-order valence-electron chi connectivity index (χ2n) is 3.02. The topological polar surface area (TPSA) is 9.23 Å². The van der Waals surface area contributed by atoms with Crippen LogP contribution in [0.1, 0.15) is 5.56 Å². The molecule has 0 fully saturated rings. The summed E-state index contributed by atoms with van der Waals surface area (Å²) in [4.78, 5) is 0. The third-order valence-corrected chi connectivity index (χ3v) is 2.02. The molecule has 0 N–H and O–H groups in total. The van der Waals surface area contributed by atoms with Crippen LogP contribution < -0.4 is 4.74 Å². The number of fused-ring (bicyclic) bond motifs is 1. The summed E-state index contributed by atoms with van der Waals surface area (Å²) in [5, 5.41) is 0. The van der Waals surface area contributed by atoms with E-state index in [9.17, 15) is 8.78 Å². The van der Waals surface area contributed by atoms with Gasteiger partial charge in [-0.25, -0.2) is 8.78 Å². The second-order valence-corrected chi connectivity index (χ2v) is 3.02. The van der Waals surface area contributed by atoms with Gasteiger partial charge in [0, 0.05) is 11.6 Å². The number of benzene rings is 1. The minimum atomic E-state index is -0.667. The molecule has 1 aliphatic rings. The van der Waals surface area contributed by atoms with Gasteiger partial charge in [-0.05, 0) is 17.7 Å². The Morgan fingerprint density at radius 2 is 2.14 bits per heavy atom. The standard InChI is InChI=1S/C11H8F2O/c1-2-7-3-8-4-9(12)5-10(13)11(8)14-6-7/h2-5H,1,6H2. The van der Waals surface area contributed by atoms with Crippen molar-refractivity contribution in [1.29, 1.82) is 0 Å². The largest absolute Gasteiger partial charge is 0.485 e. The Bertz CT molecular complexity index is 422. The first-order valence-electron chi connectivity index (χ1n) is 4.15. The van der Waals surface area contributed by atoms with Crippen molar-refractivity contribution in [2.45, 2.75) is 0 Å². The third kappa shape index (κ3) is 1.41. The molecule has 1 aromatic rings. The summed E-state index contributed by atoms with van der Waals surface area (Å²) in [6, 6.07) is 2.05. The first kappa shape index (κ1) is 8.94. The average Bonchev–Trinajstić information content (AvgIpc) is 2.16. The second kappa shape index (κ2) is 3.25. The van der Waals surface area contributed by atoms with Crippen LogP contribution in [-0.4, -0.2) is 6.61 Å². The van der Waals surface area contributed by atoms with Crippen LogP contribution >= 0.6 is 0 Å². The maximum Gasteiger partial charge on any atom is 0.168 e. The Labute approximate surface area is 80.3 Å². The van der Waals surface area contributed by atoms with Crippen molar-refractivity contribution in [2.24, 2.45) is 0 Å². The lowest BCUT2D eigenvalue weighted by molar-refractivity contribution is 0.329. The van der Waals surface area contributed by atoms with Crippen LogP contribution in [0.4, 0.5) is 8.78 Å². The Kier molecular flexibility index (Phi) is 2.08. The van der Waals surface area contributed by atoms with E-state index in [4.69, 9.17) is 4.74 Å². The van der Waals surface area contributed by atoms with Gasteiger partial charge in [-0.15, -0.1) is 0 Å². The van der Waals surface area contributed by atoms with E-state index in [1.54, 1.807) is 12.2 Å². The van der Waals surface area contributed by atoms with Gasteiger partial charge in [-0.1, -0.05) is 12.7 Å². The van der Waals surface area contributed by atoms with Crippen molar-refractivity contribution >= 4 is 6.08 Å². The van der Waals surface area contributed by atoms with Crippen LogP contribution in [0.3, 0.4) is 0 Å². The fourth-order valence-corrected chi connectivity index (χ4v) is 1.35. The van der Waals surface area contributed by atoms with Crippen molar-refractivity contribution in [3.8, 4) is 5.75 Å². The van der Waals surface area contributed by atoms with Crippen molar-refractivity contribution in [3.05, 3.63) is 47.6 Å². The van der Waals surface area contributed by atoms with E-state index >= 15 is 0 Å². The van der Waals surface area contributed by atoms with Gasteiger partial charge in [-0.2, -0.15) is 0 Å². The quantitative estimate of drug-likeness (QED) is 0.667. The van der Waals surface area contributed by atoms with Gasteiger partial charge in [0.2, 0.25) is 0 Å². The SMILES string of the molecule is C=CC1=Cc2cc(F)cc(F)c2OC1. The lowest BCUT2D eigenvalue weighted by Gasteiger charge is -2.16. The summed E-state index contributed by atoms with van der Waals surface area (Å²) in [5.41, 5.74) is 1.23. The highest BCUT2D eigenvalue weighted by Gasteiger charge is 2.15. The van der Waals surface area contributed by atoms with Crippen LogP contribution in [0.2, 0.25) is 0 Å². The summed E-state index contributed by atoms with van der Waals surface area (Å²) in [5.74, 6) is -1.16. The zero-order chi connectivity index (χ0) is 10.1. The summed E-state index contributed by atoms with van der Waals surface area (Å²) in [6.45, 7) is 3.84. The molecule has 0 saturated carbocycles. The highest BCUT2D eigenvalue weighted by Crippen LogP contribution is 2.30. The highest BCUT2D eigenvalue weighted by molar-refractivity contribution is 5.64. The van der Waals surface area contributed by atoms with E-state index in [1.807, 2.05) is 0 Å². The lowest BCUT2D eigenvalue weighted by atomic mass is 10.1. The molecule has 0 unspecified atom stereocenters. The lowest BCUT2D eigenvalue weighted by Crippen LogP contribution is -2.07. The number of hydrogen-bond donors (Lipinski definition) is 0. The minimum absolute atomic E-state index is 0.108. The van der Waals surface area contributed by atoms with Crippen LogP contribution in [-0.2, 0) is 0 Å². The fraction of sp³-hybridized carbons (Fsp3) is 0.0909. The summed E-state index contributed by atoms with van der Waals surface area (Å²) < 4.78 is 31.1. The summed E-state index contributed by atoms with van der Waals surface area (Å²) in [6.07, 6.45) is 3.27. The number of rotatable bonds is 1. The Balaban J connectivity index is 2.57. The molecule has 72 valence electrons. The molecule has 2 rings (SSSR count). The molecule has 1 heterocycles. The molecule has 0 radical (unpaired) electrons. The maximum absolute atomic E-state index is 13.1. The molecule has 0 atom stereocenters. The van der Waals surface area contributed by atoms with E-state index < -0.39 is 11.6 Å². The zero-order valence-corrected chi connectivity index (χ0v) is 7.39. The van der Waals surface area contributed by atoms with E-state index in [0.717, 1.165) is 11.6 Å². The Morgan fingerprint density at radius 3 is 2.86 bits per heavy atom. The van der Waals surface area contributed by atoms with Gasteiger partial charge in [0.1, 0.15) is 12.4 Å². The number of hydrogen-bond acceptors (Lipinski definition) is 1. The normalized spacial score (nSPS) is 14.0. The molecule has 0 spiro atoms. The zero-order valence-electron chi connectivity index (χ0n) is 7.39. The molecule has 0 aromatic heterocycles.